The zero-order valence-corrected chi connectivity index (χ0v) is 15.7. The molecule has 29 heavy (non-hydrogen) atoms. The Hall–Kier alpha value is -3.16. The van der Waals surface area contributed by atoms with E-state index in [2.05, 4.69) is 15.3 Å². The summed E-state index contributed by atoms with van der Waals surface area (Å²) in [5, 5.41) is 3.87. The Labute approximate surface area is 165 Å². The van der Waals surface area contributed by atoms with Gasteiger partial charge in [-0.2, -0.15) is 0 Å². The summed E-state index contributed by atoms with van der Waals surface area (Å²) in [7, 11) is 0. The molecule has 2 heterocycles. The quantitative estimate of drug-likeness (QED) is 0.698. The number of hydrogen-bond donors (Lipinski definition) is 1. The van der Waals surface area contributed by atoms with Gasteiger partial charge in [0.1, 0.15) is 11.6 Å². The van der Waals surface area contributed by atoms with Gasteiger partial charge in [0.2, 0.25) is 5.91 Å². The van der Waals surface area contributed by atoms with Crippen molar-refractivity contribution < 1.29 is 18.0 Å². The lowest BCUT2D eigenvalue weighted by Crippen LogP contribution is -2.28. The fraction of sp³-hybridized carbons (Fsp3) is 0.286. The highest BCUT2D eigenvalue weighted by molar-refractivity contribution is 5.89. The first-order valence-electron chi connectivity index (χ1n) is 9.27. The van der Waals surface area contributed by atoms with Crippen LogP contribution in [0.1, 0.15) is 42.8 Å². The molecule has 1 amide bonds. The second kappa shape index (κ2) is 7.69. The summed E-state index contributed by atoms with van der Waals surface area (Å²) in [5.41, 5.74) is 1.91. The molecule has 0 saturated carbocycles. The van der Waals surface area contributed by atoms with E-state index in [1.807, 2.05) is 0 Å². The molecule has 0 radical (unpaired) electrons. The summed E-state index contributed by atoms with van der Waals surface area (Å²) in [5.74, 6) is -0.749. The molecule has 8 heteroatoms. The van der Waals surface area contributed by atoms with Gasteiger partial charge in [0.25, 0.3) is 6.43 Å². The van der Waals surface area contributed by atoms with Gasteiger partial charge in [-0.25, -0.2) is 23.1 Å². The molecule has 0 saturated heterocycles. The van der Waals surface area contributed by atoms with Crippen LogP contribution in [0.3, 0.4) is 0 Å². The van der Waals surface area contributed by atoms with Crippen molar-refractivity contribution in [1.82, 2.24) is 14.9 Å². The summed E-state index contributed by atoms with van der Waals surface area (Å²) in [6.07, 6.45) is -2.27. The zero-order chi connectivity index (χ0) is 20.5. The van der Waals surface area contributed by atoms with E-state index in [9.17, 15) is 18.0 Å². The number of nitrogens with one attached hydrogen (secondary N) is 1. The molecule has 2 aromatic carbocycles. The lowest BCUT2D eigenvalue weighted by atomic mass is 9.99. The maximum absolute atomic E-state index is 13.8. The molecule has 0 bridgehead atoms. The van der Waals surface area contributed by atoms with Crippen molar-refractivity contribution >= 4 is 22.6 Å². The number of amides is 1. The standard InChI is InChI=1S/C21H19F3N4O/c1-12(29)28-9-8-18(15-7-6-14(22)10-13(15)11-28)25-20-16-4-2-3-5-17(16)26-21(27-20)19(23)24/h2-7,10,18-19H,8-9,11H2,1H3,(H,25,26,27). The van der Waals surface area contributed by atoms with Crippen molar-refractivity contribution in [3.05, 3.63) is 65.2 Å². The van der Waals surface area contributed by atoms with E-state index >= 15 is 0 Å². The van der Waals surface area contributed by atoms with E-state index in [-0.39, 0.29) is 17.8 Å². The Kier molecular flexibility index (Phi) is 5.08. The van der Waals surface area contributed by atoms with Gasteiger partial charge in [0.15, 0.2) is 5.82 Å². The maximum Gasteiger partial charge on any atom is 0.297 e. The van der Waals surface area contributed by atoms with Crippen molar-refractivity contribution in [3.63, 3.8) is 0 Å². The SMILES string of the molecule is CC(=O)N1CCC(Nc2nc(C(F)F)nc3ccccc23)c2ccc(F)cc2C1. The third-order valence-corrected chi connectivity index (χ3v) is 5.10. The molecule has 1 unspecified atom stereocenters. The number of hydrogen-bond acceptors (Lipinski definition) is 4. The van der Waals surface area contributed by atoms with E-state index < -0.39 is 12.2 Å². The molecule has 4 rings (SSSR count). The molecule has 3 aromatic rings. The molecule has 1 aliphatic rings. The fourth-order valence-corrected chi connectivity index (χ4v) is 3.66. The van der Waals surface area contributed by atoms with E-state index in [0.717, 1.165) is 5.56 Å². The Bertz CT molecular complexity index is 1070. The molecule has 1 aliphatic heterocycles. The van der Waals surface area contributed by atoms with Crippen LogP contribution in [0.2, 0.25) is 0 Å². The Morgan fingerprint density at radius 3 is 2.76 bits per heavy atom. The predicted molar refractivity (Wildman–Crippen MR) is 103 cm³/mol. The second-order valence-electron chi connectivity index (χ2n) is 7.02. The summed E-state index contributed by atoms with van der Waals surface area (Å²) in [6.45, 7) is 2.22. The Balaban J connectivity index is 1.77. The first kappa shape index (κ1) is 19.2. The van der Waals surface area contributed by atoms with Crippen LogP contribution >= 0.6 is 0 Å². The van der Waals surface area contributed by atoms with Crippen LogP contribution in [-0.4, -0.2) is 27.3 Å². The van der Waals surface area contributed by atoms with Crippen LogP contribution in [0.25, 0.3) is 10.9 Å². The van der Waals surface area contributed by atoms with Gasteiger partial charge >= 0.3 is 0 Å². The molecular formula is C21H19F3N4O. The Morgan fingerprint density at radius 1 is 1.21 bits per heavy atom. The minimum Gasteiger partial charge on any atom is -0.363 e. The lowest BCUT2D eigenvalue weighted by molar-refractivity contribution is -0.129. The molecule has 0 aliphatic carbocycles. The number of anilines is 1. The van der Waals surface area contributed by atoms with Crippen LogP contribution in [0.5, 0.6) is 0 Å². The summed E-state index contributed by atoms with van der Waals surface area (Å²) < 4.78 is 40.4. The number of carbonyl (C=O) groups is 1. The van der Waals surface area contributed by atoms with Gasteiger partial charge < -0.3 is 10.2 Å². The molecule has 0 spiro atoms. The lowest BCUT2D eigenvalue weighted by Gasteiger charge is -2.21. The first-order chi connectivity index (χ1) is 13.9. The minimum absolute atomic E-state index is 0.103. The third-order valence-electron chi connectivity index (χ3n) is 5.10. The molecule has 150 valence electrons. The van der Waals surface area contributed by atoms with Gasteiger partial charge in [0, 0.05) is 25.4 Å². The van der Waals surface area contributed by atoms with Gasteiger partial charge in [0.05, 0.1) is 11.6 Å². The minimum atomic E-state index is -2.80. The van der Waals surface area contributed by atoms with Gasteiger partial charge in [-0.1, -0.05) is 18.2 Å². The predicted octanol–water partition coefficient (Wildman–Crippen LogP) is 4.61. The second-order valence-corrected chi connectivity index (χ2v) is 7.02. The van der Waals surface area contributed by atoms with Crippen molar-refractivity contribution in [2.24, 2.45) is 0 Å². The van der Waals surface area contributed by atoms with Crippen molar-refractivity contribution in [2.75, 3.05) is 11.9 Å². The number of aromatic nitrogens is 2. The van der Waals surface area contributed by atoms with Crippen molar-refractivity contribution in [1.29, 1.82) is 0 Å². The monoisotopic (exact) mass is 400 g/mol. The van der Waals surface area contributed by atoms with Crippen LogP contribution in [0, 0.1) is 5.82 Å². The van der Waals surface area contributed by atoms with Crippen molar-refractivity contribution in [3.8, 4) is 0 Å². The van der Waals surface area contributed by atoms with Gasteiger partial charge in [-0.3, -0.25) is 4.79 Å². The molecule has 1 N–H and O–H groups in total. The van der Waals surface area contributed by atoms with Crippen LogP contribution in [0.4, 0.5) is 19.0 Å². The first-order valence-corrected chi connectivity index (χ1v) is 9.27. The molecule has 0 fully saturated rings. The summed E-state index contributed by atoms with van der Waals surface area (Å²) in [4.78, 5) is 21.5. The summed E-state index contributed by atoms with van der Waals surface area (Å²) in [6, 6.07) is 11.0. The summed E-state index contributed by atoms with van der Waals surface area (Å²) >= 11 is 0. The van der Waals surface area contributed by atoms with E-state index in [1.165, 1.54) is 19.1 Å². The molecule has 1 atom stereocenters. The highest BCUT2D eigenvalue weighted by Crippen LogP contribution is 2.33. The zero-order valence-electron chi connectivity index (χ0n) is 15.7. The number of fused-ring (bicyclic) bond motifs is 2. The average molecular weight is 400 g/mol. The normalized spacial score (nSPS) is 16.6. The Morgan fingerprint density at radius 2 is 2.00 bits per heavy atom. The number of rotatable bonds is 3. The number of benzene rings is 2. The smallest absolute Gasteiger partial charge is 0.297 e. The molecular weight excluding hydrogens is 381 g/mol. The van der Waals surface area contributed by atoms with Crippen molar-refractivity contribution in [2.45, 2.75) is 32.4 Å². The number of nitrogens with zero attached hydrogens (tertiary/aromatic N) is 3. The number of halogens is 3. The largest absolute Gasteiger partial charge is 0.363 e. The van der Waals surface area contributed by atoms with Gasteiger partial charge in [-0.05, 0) is 41.8 Å². The van der Waals surface area contributed by atoms with E-state index in [1.54, 1.807) is 35.2 Å². The number of carbonyl (C=O) groups excluding carboxylic acids is 1. The molecule has 5 nitrogen and oxygen atoms in total. The third kappa shape index (κ3) is 3.87. The topological polar surface area (TPSA) is 58.1 Å². The van der Waals surface area contributed by atoms with E-state index in [0.29, 0.717) is 41.8 Å². The molecule has 1 aromatic heterocycles. The van der Waals surface area contributed by atoms with E-state index in [4.69, 9.17) is 0 Å². The number of alkyl halides is 2. The van der Waals surface area contributed by atoms with Crippen LogP contribution in [-0.2, 0) is 11.3 Å². The highest BCUT2D eigenvalue weighted by Gasteiger charge is 2.25. The van der Waals surface area contributed by atoms with Gasteiger partial charge in [-0.15, -0.1) is 0 Å². The maximum atomic E-state index is 13.8. The van der Waals surface area contributed by atoms with Crippen LogP contribution in [0.15, 0.2) is 42.5 Å². The number of para-hydroxylation sites is 1. The average Bonchev–Trinajstić information content (AvgIpc) is 2.87. The van der Waals surface area contributed by atoms with Crippen LogP contribution < -0.4 is 5.32 Å². The highest BCUT2D eigenvalue weighted by atomic mass is 19.3. The fourth-order valence-electron chi connectivity index (χ4n) is 3.66.